The summed E-state index contributed by atoms with van der Waals surface area (Å²) in [5.41, 5.74) is 0.295. The Hall–Kier alpha value is -3.85. The molecule has 0 spiro atoms. The van der Waals surface area contributed by atoms with E-state index in [0.29, 0.717) is 43.5 Å². The lowest BCUT2D eigenvalue weighted by atomic mass is 9.57. The highest BCUT2D eigenvalue weighted by atomic mass is 19.4. The van der Waals surface area contributed by atoms with E-state index >= 15 is 0 Å². The van der Waals surface area contributed by atoms with Crippen LogP contribution in [0.1, 0.15) is 64.1 Å². The van der Waals surface area contributed by atoms with Crippen molar-refractivity contribution < 1.29 is 26.7 Å². The smallest absolute Gasteiger partial charge is 0.321 e. The van der Waals surface area contributed by atoms with Crippen molar-refractivity contribution in [2.45, 2.75) is 62.7 Å². The van der Waals surface area contributed by atoms with Gasteiger partial charge in [0, 0.05) is 68.0 Å². The molecule has 44 heavy (non-hydrogen) atoms. The predicted octanol–water partition coefficient (Wildman–Crippen LogP) is 5.89. The number of carbonyl (C=O) groups excluding carboxylic acids is 1. The van der Waals surface area contributed by atoms with Crippen molar-refractivity contribution in [3.05, 3.63) is 76.4 Å². The molecule has 2 atom stereocenters. The zero-order valence-corrected chi connectivity index (χ0v) is 24.1. The Labute approximate surface area is 251 Å². The summed E-state index contributed by atoms with van der Waals surface area (Å²) < 4.78 is 73.5. The summed E-state index contributed by atoms with van der Waals surface area (Å²) >= 11 is 0. The second-order valence-corrected chi connectivity index (χ2v) is 13.0. The predicted molar refractivity (Wildman–Crippen MR) is 150 cm³/mol. The number of rotatable bonds is 6. The number of fused-ring (bicyclic) bond motifs is 2. The number of halogens is 5. The molecule has 2 aliphatic heterocycles. The molecule has 1 amide bonds. The Balaban J connectivity index is 1.18. The van der Waals surface area contributed by atoms with Gasteiger partial charge in [-0.15, -0.1) is 10.2 Å². The number of nitriles is 1. The topological polar surface area (TPSA) is 78.1 Å². The number of hydrogen-bond acceptors (Lipinski definition) is 5. The van der Waals surface area contributed by atoms with Gasteiger partial charge >= 0.3 is 6.18 Å². The molecule has 2 aliphatic carbocycles. The van der Waals surface area contributed by atoms with E-state index in [2.05, 4.69) is 16.3 Å². The fourth-order valence-corrected chi connectivity index (χ4v) is 7.93. The van der Waals surface area contributed by atoms with Crippen LogP contribution in [-0.2, 0) is 38.1 Å². The third kappa shape index (κ3) is 4.76. The quantitative estimate of drug-likeness (QED) is 0.326. The fourth-order valence-electron chi connectivity index (χ4n) is 7.93. The number of benzene rings is 2. The number of amides is 1. The Morgan fingerprint density at radius 2 is 1.93 bits per heavy atom. The third-order valence-corrected chi connectivity index (χ3v) is 10.2. The summed E-state index contributed by atoms with van der Waals surface area (Å²) in [4.78, 5) is 16.9. The van der Waals surface area contributed by atoms with Crippen molar-refractivity contribution in [1.29, 1.82) is 5.26 Å². The highest BCUT2D eigenvalue weighted by Gasteiger charge is 2.54. The molecule has 7 nitrogen and oxygen atoms in total. The zero-order valence-electron chi connectivity index (χ0n) is 24.1. The molecule has 3 aromatic rings. The van der Waals surface area contributed by atoms with Gasteiger partial charge in [-0.05, 0) is 66.1 Å². The second-order valence-electron chi connectivity index (χ2n) is 13.0. The minimum absolute atomic E-state index is 0.00747. The van der Waals surface area contributed by atoms with Gasteiger partial charge < -0.3 is 9.47 Å². The molecule has 4 aliphatic rings. The van der Waals surface area contributed by atoms with Crippen molar-refractivity contribution in [1.82, 2.24) is 19.7 Å². The van der Waals surface area contributed by atoms with Crippen LogP contribution in [-0.4, -0.2) is 44.6 Å². The molecule has 12 heteroatoms. The number of anilines is 1. The second kappa shape index (κ2) is 10.1. The van der Waals surface area contributed by atoms with Crippen molar-refractivity contribution in [2.24, 2.45) is 24.8 Å². The van der Waals surface area contributed by atoms with E-state index in [9.17, 15) is 32.0 Å². The van der Waals surface area contributed by atoms with E-state index in [-0.39, 0.29) is 49.0 Å². The molecule has 230 valence electrons. The lowest BCUT2D eigenvalue weighted by Crippen LogP contribution is -2.43. The van der Waals surface area contributed by atoms with Gasteiger partial charge in [0.15, 0.2) is 0 Å². The van der Waals surface area contributed by atoms with Crippen LogP contribution in [0.25, 0.3) is 0 Å². The molecule has 7 rings (SSSR count). The van der Waals surface area contributed by atoms with E-state index in [0.717, 1.165) is 17.5 Å². The first kappa shape index (κ1) is 28.9. The number of aryl methyl sites for hydroxylation is 1. The van der Waals surface area contributed by atoms with E-state index in [1.807, 2.05) is 23.7 Å². The van der Waals surface area contributed by atoms with Gasteiger partial charge in [0.1, 0.15) is 12.2 Å². The standard InChI is InChI=1S/C32H31F5N6O/c1-41-18-39-40-28(41)12-30(10-20(11-30)13-38)22-3-2-4-23(9-22)43-16-25-24(29(43)44)7-19(8-26(25)32(35,36)37)14-42-15-21-5-6-31(33,34)27(21)17-42/h2-4,7-9,18,20-21,27H,5-6,10-12,14-17H2,1H3. The fraction of sp³-hybridized carbons (Fsp3) is 0.500. The van der Waals surface area contributed by atoms with Crippen molar-refractivity contribution in [3.63, 3.8) is 0 Å². The molecular formula is C32H31F5N6O. The van der Waals surface area contributed by atoms with Crippen LogP contribution < -0.4 is 4.90 Å². The van der Waals surface area contributed by atoms with Crippen LogP contribution in [0, 0.1) is 29.1 Å². The molecular weight excluding hydrogens is 579 g/mol. The average molecular weight is 611 g/mol. The van der Waals surface area contributed by atoms with Gasteiger partial charge in [-0.3, -0.25) is 9.69 Å². The highest BCUT2D eigenvalue weighted by Crippen LogP contribution is 2.51. The van der Waals surface area contributed by atoms with E-state index in [4.69, 9.17) is 0 Å². The molecule has 0 bridgehead atoms. The molecule has 2 aromatic carbocycles. The maximum Gasteiger partial charge on any atom is 0.416 e. The summed E-state index contributed by atoms with van der Waals surface area (Å²) in [5, 5.41) is 17.7. The number of alkyl halides is 5. The van der Waals surface area contributed by atoms with E-state index in [1.54, 1.807) is 23.4 Å². The Bertz CT molecular complexity index is 1670. The summed E-state index contributed by atoms with van der Waals surface area (Å²) in [7, 11) is 1.84. The molecule has 1 saturated heterocycles. The molecule has 0 radical (unpaired) electrons. The molecule has 3 fully saturated rings. The van der Waals surface area contributed by atoms with Crippen LogP contribution >= 0.6 is 0 Å². The van der Waals surface area contributed by atoms with Gasteiger partial charge in [-0.2, -0.15) is 18.4 Å². The lowest BCUT2D eigenvalue weighted by molar-refractivity contribution is -0.138. The van der Waals surface area contributed by atoms with Crippen molar-refractivity contribution >= 4 is 11.6 Å². The summed E-state index contributed by atoms with van der Waals surface area (Å²) in [6.45, 7) is 0.386. The number of nitrogens with zero attached hydrogens (tertiary/aromatic N) is 6. The van der Waals surface area contributed by atoms with Gasteiger partial charge in [-0.1, -0.05) is 12.1 Å². The number of likely N-dealkylation sites (tertiary alicyclic amines) is 1. The molecule has 2 unspecified atom stereocenters. The monoisotopic (exact) mass is 610 g/mol. The van der Waals surface area contributed by atoms with Crippen LogP contribution in [0.4, 0.5) is 27.6 Å². The number of carbonyl (C=O) groups is 1. The van der Waals surface area contributed by atoms with Crippen LogP contribution in [0.2, 0.25) is 0 Å². The first-order valence-electron chi connectivity index (χ1n) is 14.8. The van der Waals surface area contributed by atoms with Gasteiger partial charge in [0.05, 0.1) is 18.2 Å². The van der Waals surface area contributed by atoms with Gasteiger partial charge in [0.2, 0.25) is 0 Å². The molecule has 2 saturated carbocycles. The maximum absolute atomic E-state index is 14.4. The van der Waals surface area contributed by atoms with Crippen molar-refractivity contribution in [3.8, 4) is 6.07 Å². The molecule has 1 aromatic heterocycles. The first-order chi connectivity index (χ1) is 20.9. The van der Waals surface area contributed by atoms with Crippen molar-refractivity contribution in [2.75, 3.05) is 18.0 Å². The van der Waals surface area contributed by atoms with Gasteiger partial charge in [0.25, 0.3) is 11.8 Å². The third-order valence-electron chi connectivity index (χ3n) is 10.2. The summed E-state index contributed by atoms with van der Waals surface area (Å²) in [6.07, 6.45) is -1.08. The normalized spacial score (nSPS) is 27.7. The lowest BCUT2D eigenvalue weighted by Gasteiger charge is -2.45. The van der Waals surface area contributed by atoms with Crippen LogP contribution in [0.3, 0.4) is 0 Å². The minimum Gasteiger partial charge on any atom is -0.321 e. The van der Waals surface area contributed by atoms with E-state index in [1.165, 1.54) is 11.0 Å². The molecule has 0 N–H and O–H groups in total. The Morgan fingerprint density at radius 1 is 1.14 bits per heavy atom. The minimum atomic E-state index is -4.69. The SMILES string of the molecule is Cn1cnnc1CC1(c2cccc(N3Cc4c(cc(CN5CC6CCC(F)(F)C6C5)cc4C(F)(F)F)C3=O)c2)CC(C#N)C1. The number of aromatic nitrogens is 3. The first-order valence-corrected chi connectivity index (χ1v) is 14.8. The van der Waals surface area contributed by atoms with E-state index < -0.39 is 34.9 Å². The zero-order chi connectivity index (χ0) is 31.0. The maximum atomic E-state index is 14.4. The highest BCUT2D eigenvalue weighted by molar-refractivity contribution is 6.10. The summed E-state index contributed by atoms with van der Waals surface area (Å²) in [5.74, 6) is -3.59. The largest absolute Gasteiger partial charge is 0.416 e. The average Bonchev–Trinajstić information content (AvgIpc) is 3.71. The van der Waals surface area contributed by atoms with Crippen LogP contribution in [0.5, 0.6) is 0 Å². The Morgan fingerprint density at radius 3 is 2.61 bits per heavy atom. The summed E-state index contributed by atoms with van der Waals surface area (Å²) in [6, 6.07) is 12.2. The van der Waals surface area contributed by atoms with Crippen LogP contribution in [0.15, 0.2) is 42.7 Å². The Kier molecular flexibility index (Phi) is 6.63. The number of hydrogen-bond donors (Lipinski definition) is 0. The molecule has 3 heterocycles. The van der Waals surface area contributed by atoms with Gasteiger partial charge in [-0.25, -0.2) is 8.78 Å².